The van der Waals surface area contributed by atoms with Gasteiger partial charge in [0, 0.05) is 6.54 Å². The van der Waals surface area contributed by atoms with Gasteiger partial charge in [0.15, 0.2) is 11.5 Å². The van der Waals surface area contributed by atoms with Crippen LogP contribution in [0.3, 0.4) is 0 Å². The van der Waals surface area contributed by atoms with Gasteiger partial charge in [0.05, 0.1) is 23.4 Å². The molecule has 3 N–H and O–H groups in total. The molecule has 7 heteroatoms. The van der Waals surface area contributed by atoms with Crippen molar-refractivity contribution < 1.29 is 14.3 Å². The zero-order chi connectivity index (χ0) is 21.8. The molecule has 7 nitrogen and oxygen atoms in total. The van der Waals surface area contributed by atoms with E-state index >= 15 is 0 Å². The maximum absolute atomic E-state index is 12.7. The Morgan fingerprint density at radius 1 is 0.969 bits per heavy atom. The van der Waals surface area contributed by atoms with Crippen LogP contribution in [0.2, 0.25) is 0 Å². The van der Waals surface area contributed by atoms with Crippen LogP contribution >= 0.6 is 0 Å². The number of nitrogens with one attached hydrogen (secondary N) is 3. The summed E-state index contributed by atoms with van der Waals surface area (Å²) in [6.07, 6.45) is 2.37. The van der Waals surface area contributed by atoms with Crippen molar-refractivity contribution in [3.8, 4) is 11.5 Å². The zero-order valence-electron chi connectivity index (χ0n) is 17.5. The van der Waals surface area contributed by atoms with Crippen LogP contribution in [0.1, 0.15) is 22.7 Å². The van der Waals surface area contributed by atoms with Crippen molar-refractivity contribution in [2.45, 2.75) is 12.5 Å². The van der Waals surface area contributed by atoms with Gasteiger partial charge in [0.2, 0.25) is 0 Å². The highest BCUT2D eigenvalue weighted by Crippen LogP contribution is 2.30. The largest absolute Gasteiger partial charge is 0.486 e. The third kappa shape index (κ3) is 4.37. The molecule has 4 aromatic rings. The normalized spacial score (nSPS) is 13.5. The number of aromatic nitrogens is 2. The lowest BCUT2D eigenvalue weighted by atomic mass is 9.98. The minimum absolute atomic E-state index is 0.221. The number of aromatic amines is 1. The molecule has 0 aliphatic carbocycles. The maximum atomic E-state index is 12.7. The van der Waals surface area contributed by atoms with Crippen molar-refractivity contribution in [2.75, 3.05) is 19.8 Å². The van der Waals surface area contributed by atoms with E-state index < -0.39 is 0 Å². The summed E-state index contributed by atoms with van der Waals surface area (Å²) >= 11 is 0. The Hall–Kier alpha value is -4.00. The van der Waals surface area contributed by atoms with E-state index in [0.29, 0.717) is 26.2 Å². The zero-order valence-corrected chi connectivity index (χ0v) is 17.5. The maximum Gasteiger partial charge on any atom is 0.315 e. The van der Waals surface area contributed by atoms with Crippen molar-refractivity contribution in [1.82, 2.24) is 20.6 Å². The molecule has 3 aromatic carbocycles. The molecule has 32 heavy (non-hydrogen) atoms. The lowest BCUT2D eigenvalue weighted by Crippen LogP contribution is -2.39. The molecule has 1 atom stereocenters. The summed E-state index contributed by atoms with van der Waals surface area (Å²) in [5, 5.41) is 6.08. The molecule has 0 bridgehead atoms. The lowest BCUT2D eigenvalue weighted by molar-refractivity contribution is 0.171. The van der Waals surface area contributed by atoms with Crippen molar-refractivity contribution in [3.05, 3.63) is 89.7 Å². The quantitative estimate of drug-likeness (QED) is 0.434. The average Bonchev–Trinajstić information content (AvgIpc) is 3.31. The van der Waals surface area contributed by atoms with Gasteiger partial charge in [-0.2, -0.15) is 0 Å². The molecule has 0 unspecified atom stereocenters. The van der Waals surface area contributed by atoms with Gasteiger partial charge in [-0.1, -0.05) is 42.5 Å². The highest BCUT2D eigenvalue weighted by Gasteiger charge is 2.18. The summed E-state index contributed by atoms with van der Waals surface area (Å²) in [5.74, 6) is 1.53. The number of carbonyl (C=O) groups excluding carboxylic acids is 1. The fourth-order valence-corrected chi connectivity index (χ4v) is 3.88. The molecule has 0 radical (unpaired) electrons. The Kier molecular flexibility index (Phi) is 5.61. The van der Waals surface area contributed by atoms with Crippen molar-refractivity contribution in [2.24, 2.45) is 0 Å². The Morgan fingerprint density at radius 3 is 2.69 bits per heavy atom. The monoisotopic (exact) mass is 428 g/mol. The topological polar surface area (TPSA) is 88.3 Å². The van der Waals surface area contributed by atoms with Crippen molar-refractivity contribution in [3.63, 3.8) is 0 Å². The summed E-state index contributed by atoms with van der Waals surface area (Å²) in [5.41, 5.74) is 4.90. The van der Waals surface area contributed by atoms with Crippen LogP contribution in [0.5, 0.6) is 11.5 Å². The number of hydrogen-bond acceptors (Lipinski definition) is 4. The molecule has 1 aromatic heterocycles. The summed E-state index contributed by atoms with van der Waals surface area (Å²) in [6.45, 7) is 1.64. The summed E-state index contributed by atoms with van der Waals surface area (Å²) in [4.78, 5) is 20.2. The second-order valence-electron chi connectivity index (χ2n) is 7.65. The summed E-state index contributed by atoms with van der Waals surface area (Å²) in [6, 6.07) is 21.3. The van der Waals surface area contributed by atoms with Crippen LogP contribution in [-0.4, -0.2) is 35.8 Å². The number of benzene rings is 3. The minimum atomic E-state index is -0.279. The van der Waals surface area contributed by atoms with Gasteiger partial charge in [0.1, 0.15) is 13.2 Å². The average molecular weight is 428 g/mol. The molecule has 0 fully saturated rings. The van der Waals surface area contributed by atoms with Gasteiger partial charge in [-0.3, -0.25) is 0 Å². The van der Waals surface area contributed by atoms with Gasteiger partial charge >= 0.3 is 6.03 Å². The van der Waals surface area contributed by atoms with E-state index in [1.165, 1.54) is 0 Å². The number of rotatable bonds is 6. The number of nitrogens with zero attached hydrogens (tertiary/aromatic N) is 1. The molecule has 5 rings (SSSR count). The second-order valence-corrected chi connectivity index (χ2v) is 7.65. The van der Waals surface area contributed by atoms with E-state index in [2.05, 4.69) is 20.6 Å². The first-order valence-electron chi connectivity index (χ1n) is 10.7. The van der Waals surface area contributed by atoms with Gasteiger partial charge in [0.25, 0.3) is 0 Å². The van der Waals surface area contributed by atoms with Crippen LogP contribution in [0.25, 0.3) is 11.0 Å². The van der Waals surface area contributed by atoms with E-state index in [0.717, 1.165) is 39.2 Å². The van der Waals surface area contributed by atoms with Crippen molar-refractivity contribution in [1.29, 1.82) is 0 Å². The first kappa shape index (κ1) is 19.9. The first-order chi connectivity index (χ1) is 15.8. The standard InChI is InChI=1S/C25H24N4O3/c30-25(26-11-10-17-6-9-22-23(14-17)32-13-12-31-22)29-24(18-4-2-1-3-5-18)19-7-8-20-21(15-19)28-16-27-20/h1-9,14-16,24H,10-13H2,(H,27,28)(H2,26,29,30)/t24-/m1/s1. The number of fused-ring (bicyclic) bond motifs is 2. The summed E-state index contributed by atoms with van der Waals surface area (Å²) in [7, 11) is 0. The number of imidazole rings is 1. The number of ether oxygens (including phenoxy) is 2. The third-order valence-electron chi connectivity index (χ3n) is 5.49. The predicted molar refractivity (Wildman–Crippen MR) is 122 cm³/mol. The van der Waals surface area contributed by atoms with E-state index in [9.17, 15) is 4.79 Å². The number of hydrogen-bond donors (Lipinski definition) is 3. The van der Waals surface area contributed by atoms with E-state index in [4.69, 9.17) is 9.47 Å². The Balaban J connectivity index is 1.25. The van der Waals surface area contributed by atoms with Gasteiger partial charge < -0.3 is 25.1 Å². The van der Waals surface area contributed by atoms with E-state index in [1.54, 1.807) is 6.33 Å². The van der Waals surface area contributed by atoms with Crippen LogP contribution in [0, 0.1) is 0 Å². The molecule has 1 aliphatic rings. The van der Waals surface area contributed by atoms with E-state index in [1.807, 2.05) is 66.7 Å². The molecular formula is C25H24N4O3. The van der Waals surface area contributed by atoms with E-state index in [-0.39, 0.29) is 12.1 Å². The second kappa shape index (κ2) is 9.01. The number of carbonyl (C=O) groups is 1. The van der Waals surface area contributed by atoms with Crippen LogP contribution < -0.4 is 20.1 Å². The Morgan fingerprint density at radius 2 is 1.81 bits per heavy atom. The molecule has 0 saturated carbocycles. The fraction of sp³-hybridized carbons (Fsp3) is 0.200. The molecular weight excluding hydrogens is 404 g/mol. The highest BCUT2D eigenvalue weighted by atomic mass is 16.6. The molecule has 162 valence electrons. The third-order valence-corrected chi connectivity index (χ3v) is 5.49. The van der Waals surface area contributed by atoms with Crippen LogP contribution in [0.15, 0.2) is 73.1 Å². The number of urea groups is 1. The SMILES string of the molecule is O=C(NCCc1ccc2c(c1)OCCO2)N[C@H](c1ccccc1)c1ccc2nc[nH]c2c1. The molecule has 0 spiro atoms. The van der Waals surface area contributed by atoms with Crippen molar-refractivity contribution >= 4 is 17.1 Å². The number of H-pyrrole nitrogens is 1. The Labute approximate surface area is 185 Å². The van der Waals surface area contributed by atoms with Crippen LogP contribution in [-0.2, 0) is 6.42 Å². The molecule has 2 heterocycles. The van der Waals surface area contributed by atoms with Crippen LogP contribution in [0.4, 0.5) is 4.79 Å². The number of amides is 2. The predicted octanol–water partition coefficient (Wildman–Crippen LogP) is 3.97. The van der Waals surface area contributed by atoms with Gasteiger partial charge in [-0.05, 0) is 47.4 Å². The highest BCUT2D eigenvalue weighted by molar-refractivity contribution is 5.77. The summed E-state index contributed by atoms with van der Waals surface area (Å²) < 4.78 is 11.2. The molecule has 2 amide bonds. The minimum Gasteiger partial charge on any atom is -0.486 e. The molecule has 0 saturated heterocycles. The molecule has 1 aliphatic heterocycles. The smallest absolute Gasteiger partial charge is 0.315 e. The van der Waals surface area contributed by atoms with Gasteiger partial charge in [-0.25, -0.2) is 9.78 Å². The van der Waals surface area contributed by atoms with Gasteiger partial charge in [-0.15, -0.1) is 0 Å². The Bertz CT molecular complexity index is 1220. The fourth-order valence-electron chi connectivity index (χ4n) is 3.88. The lowest BCUT2D eigenvalue weighted by Gasteiger charge is -2.21. The first-order valence-corrected chi connectivity index (χ1v) is 10.7.